The standard InChI is InChI=1S/C16H21NO/c1-3-4-5-6-7-16(18)14-11-17-15-9-8-12(2)10-13(14)15/h8-11,17H,3-7H2,1-2H3. The van der Waals surface area contributed by atoms with Crippen molar-refractivity contribution < 1.29 is 4.79 Å². The van der Waals surface area contributed by atoms with Crippen molar-refractivity contribution in [1.82, 2.24) is 4.98 Å². The number of benzene rings is 1. The lowest BCUT2D eigenvalue weighted by Crippen LogP contribution is -1.97. The van der Waals surface area contributed by atoms with Crippen LogP contribution in [0.25, 0.3) is 10.9 Å². The molecule has 0 radical (unpaired) electrons. The Morgan fingerprint density at radius 1 is 1.22 bits per heavy atom. The van der Waals surface area contributed by atoms with Gasteiger partial charge in [0.15, 0.2) is 5.78 Å². The van der Waals surface area contributed by atoms with Gasteiger partial charge in [-0.25, -0.2) is 0 Å². The normalized spacial score (nSPS) is 11.0. The van der Waals surface area contributed by atoms with Gasteiger partial charge in [0.1, 0.15) is 0 Å². The molecular formula is C16H21NO. The number of H-pyrrole nitrogens is 1. The number of nitrogens with one attached hydrogen (secondary N) is 1. The van der Waals surface area contributed by atoms with Crippen LogP contribution < -0.4 is 0 Å². The third-order valence-electron chi connectivity index (χ3n) is 3.40. The van der Waals surface area contributed by atoms with E-state index in [4.69, 9.17) is 0 Å². The molecule has 1 heterocycles. The number of Topliss-reactive ketones (excluding diaryl/α,β-unsaturated/α-hetero) is 1. The minimum absolute atomic E-state index is 0.267. The van der Waals surface area contributed by atoms with Crippen LogP contribution in [0.4, 0.5) is 0 Å². The van der Waals surface area contributed by atoms with Crippen LogP contribution >= 0.6 is 0 Å². The molecule has 0 saturated heterocycles. The predicted octanol–water partition coefficient (Wildman–Crippen LogP) is 4.63. The summed E-state index contributed by atoms with van der Waals surface area (Å²) in [7, 11) is 0. The van der Waals surface area contributed by atoms with Crippen molar-refractivity contribution in [2.45, 2.75) is 46.0 Å². The van der Waals surface area contributed by atoms with Gasteiger partial charge in [-0.05, 0) is 25.5 Å². The Morgan fingerprint density at radius 2 is 2.06 bits per heavy atom. The van der Waals surface area contributed by atoms with Crippen LogP contribution in [0.15, 0.2) is 24.4 Å². The second-order valence-corrected chi connectivity index (χ2v) is 4.99. The second kappa shape index (κ2) is 5.85. The number of aromatic amines is 1. The van der Waals surface area contributed by atoms with Gasteiger partial charge < -0.3 is 4.98 Å². The molecule has 1 aromatic heterocycles. The molecule has 0 aliphatic heterocycles. The molecule has 2 heteroatoms. The molecule has 2 nitrogen and oxygen atoms in total. The van der Waals surface area contributed by atoms with E-state index in [1.165, 1.54) is 18.4 Å². The van der Waals surface area contributed by atoms with Gasteiger partial charge in [0.25, 0.3) is 0 Å². The SMILES string of the molecule is CCCCCCC(=O)c1c[nH]c2ccc(C)cc12. The number of fused-ring (bicyclic) bond motifs is 1. The van der Waals surface area contributed by atoms with Crippen molar-refractivity contribution in [2.24, 2.45) is 0 Å². The molecule has 2 aromatic rings. The molecule has 18 heavy (non-hydrogen) atoms. The molecule has 0 fully saturated rings. The Kier molecular flexibility index (Phi) is 4.19. The summed E-state index contributed by atoms with van der Waals surface area (Å²) in [6, 6.07) is 6.19. The first-order chi connectivity index (χ1) is 8.72. The van der Waals surface area contributed by atoms with E-state index in [2.05, 4.69) is 31.0 Å². The predicted molar refractivity (Wildman–Crippen MR) is 76.1 cm³/mol. The fraction of sp³-hybridized carbons (Fsp3) is 0.438. The van der Waals surface area contributed by atoms with Gasteiger partial charge in [-0.3, -0.25) is 4.79 Å². The molecule has 0 saturated carbocycles. The number of ketones is 1. The van der Waals surface area contributed by atoms with Crippen LogP contribution in [0.2, 0.25) is 0 Å². The second-order valence-electron chi connectivity index (χ2n) is 4.99. The molecule has 1 aromatic carbocycles. The zero-order valence-corrected chi connectivity index (χ0v) is 11.3. The van der Waals surface area contributed by atoms with Crippen LogP contribution in [-0.4, -0.2) is 10.8 Å². The topological polar surface area (TPSA) is 32.9 Å². The Balaban J connectivity index is 2.10. The molecule has 0 bridgehead atoms. The largest absolute Gasteiger partial charge is 0.360 e. The zero-order valence-electron chi connectivity index (χ0n) is 11.3. The number of carbonyl (C=O) groups is 1. The highest BCUT2D eigenvalue weighted by Crippen LogP contribution is 2.21. The van der Waals surface area contributed by atoms with Crippen LogP contribution in [0.3, 0.4) is 0 Å². The third kappa shape index (κ3) is 2.81. The van der Waals surface area contributed by atoms with Gasteiger partial charge in [-0.2, -0.15) is 0 Å². The minimum atomic E-state index is 0.267. The van der Waals surface area contributed by atoms with Crippen molar-refractivity contribution in [2.75, 3.05) is 0 Å². The first kappa shape index (κ1) is 12.9. The minimum Gasteiger partial charge on any atom is -0.360 e. The lowest BCUT2D eigenvalue weighted by molar-refractivity contribution is 0.0981. The first-order valence-electron chi connectivity index (χ1n) is 6.83. The van der Waals surface area contributed by atoms with E-state index in [-0.39, 0.29) is 5.78 Å². The molecule has 0 aliphatic rings. The average Bonchev–Trinajstić information content (AvgIpc) is 2.77. The van der Waals surface area contributed by atoms with Crippen LogP contribution in [-0.2, 0) is 0 Å². The quantitative estimate of drug-likeness (QED) is 0.582. The van der Waals surface area contributed by atoms with E-state index in [0.29, 0.717) is 6.42 Å². The summed E-state index contributed by atoms with van der Waals surface area (Å²) in [5, 5.41) is 1.07. The van der Waals surface area contributed by atoms with E-state index in [1.54, 1.807) is 0 Å². The summed E-state index contributed by atoms with van der Waals surface area (Å²) in [6.07, 6.45) is 7.11. The van der Waals surface area contributed by atoms with Crippen molar-refractivity contribution in [3.05, 3.63) is 35.5 Å². The highest BCUT2D eigenvalue weighted by Gasteiger charge is 2.11. The Bertz CT molecular complexity index is 539. The van der Waals surface area contributed by atoms with E-state index in [9.17, 15) is 4.79 Å². The summed E-state index contributed by atoms with van der Waals surface area (Å²) in [6.45, 7) is 4.24. The number of aryl methyl sites for hydroxylation is 1. The lowest BCUT2D eigenvalue weighted by atomic mass is 10.0. The van der Waals surface area contributed by atoms with Gasteiger partial charge in [0, 0.05) is 29.1 Å². The van der Waals surface area contributed by atoms with Gasteiger partial charge >= 0.3 is 0 Å². The Morgan fingerprint density at radius 3 is 2.83 bits per heavy atom. The highest BCUT2D eigenvalue weighted by molar-refractivity contribution is 6.07. The third-order valence-corrected chi connectivity index (χ3v) is 3.40. The molecule has 2 rings (SSSR count). The summed E-state index contributed by atoms with van der Waals surface area (Å²) in [5.74, 6) is 0.267. The number of hydrogen-bond donors (Lipinski definition) is 1. The summed E-state index contributed by atoms with van der Waals surface area (Å²) >= 11 is 0. The molecule has 96 valence electrons. The maximum atomic E-state index is 12.2. The van der Waals surface area contributed by atoms with Crippen molar-refractivity contribution in [3.8, 4) is 0 Å². The number of unbranched alkanes of at least 4 members (excludes halogenated alkanes) is 3. The summed E-state index contributed by atoms with van der Waals surface area (Å²) in [5.41, 5.74) is 3.10. The molecule has 0 amide bonds. The number of aromatic nitrogens is 1. The van der Waals surface area contributed by atoms with Gasteiger partial charge in [-0.1, -0.05) is 37.8 Å². The van der Waals surface area contributed by atoms with Gasteiger partial charge in [0.2, 0.25) is 0 Å². The average molecular weight is 243 g/mol. The van der Waals surface area contributed by atoms with Crippen LogP contribution in [0.5, 0.6) is 0 Å². The van der Waals surface area contributed by atoms with Crippen molar-refractivity contribution in [1.29, 1.82) is 0 Å². The van der Waals surface area contributed by atoms with Gasteiger partial charge in [-0.15, -0.1) is 0 Å². The maximum Gasteiger partial charge on any atom is 0.165 e. The Hall–Kier alpha value is -1.57. The van der Waals surface area contributed by atoms with Crippen molar-refractivity contribution in [3.63, 3.8) is 0 Å². The van der Waals surface area contributed by atoms with Crippen molar-refractivity contribution >= 4 is 16.7 Å². The maximum absolute atomic E-state index is 12.2. The highest BCUT2D eigenvalue weighted by atomic mass is 16.1. The van der Waals surface area contributed by atoms with Crippen LogP contribution in [0.1, 0.15) is 54.9 Å². The molecule has 1 N–H and O–H groups in total. The number of carbonyl (C=O) groups excluding carboxylic acids is 1. The molecular weight excluding hydrogens is 222 g/mol. The smallest absolute Gasteiger partial charge is 0.165 e. The molecule has 0 atom stereocenters. The Labute approximate surface area is 108 Å². The number of rotatable bonds is 6. The van der Waals surface area contributed by atoms with E-state index in [0.717, 1.165) is 29.3 Å². The van der Waals surface area contributed by atoms with E-state index >= 15 is 0 Å². The van der Waals surface area contributed by atoms with E-state index in [1.807, 2.05) is 12.3 Å². The summed E-state index contributed by atoms with van der Waals surface area (Å²) in [4.78, 5) is 15.4. The zero-order chi connectivity index (χ0) is 13.0. The lowest BCUT2D eigenvalue weighted by Gasteiger charge is -2.00. The fourth-order valence-corrected chi connectivity index (χ4v) is 2.31. The molecule has 0 aliphatic carbocycles. The fourth-order valence-electron chi connectivity index (χ4n) is 2.31. The monoisotopic (exact) mass is 243 g/mol. The van der Waals surface area contributed by atoms with Crippen LogP contribution in [0, 0.1) is 6.92 Å². The van der Waals surface area contributed by atoms with E-state index < -0.39 is 0 Å². The molecule has 0 unspecified atom stereocenters. The van der Waals surface area contributed by atoms with Gasteiger partial charge in [0.05, 0.1) is 0 Å². The molecule has 0 spiro atoms. The number of hydrogen-bond acceptors (Lipinski definition) is 1. The first-order valence-corrected chi connectivity index (χ1v) is 6.83. The summed E-state index contributed by atoms with van der Waals surface area (Å²) < 4.78 is 0.